The number of esters is 1. The third-order valence-electron chi connectivity index (χ3n) is 4.59. The molecule has 0 amide bonds. The van der Waals surface area contributed by atoms with E-state index >= 15 is 0 Å². The standard InChI is InChI=1S/C19H18ClN3O5S/c1-4-27-18(24)16-10(2)22(3)19(29)21-17(16)15-8-7-14(28-15)12-9-11(23(25)26)5-6-13(12)20/h5-9,17H,4H2,1-3H3,(H,21,29)/t17-/m1/s1. The SMILES string of the molecule is CCOC(=O)C1=C(C)N(C)C(=S)N[C@@H]1c1ccc(-c2cc([N+](=O)[O-])ccc2Cl)o1. The normalized spacial score (nSPS) is 16.6. The van der Waals surface area contributed by atoms with Gasteiger partial charge in [-0.2, -0.15) is 0 Å². The van der Waals surface area contributed by atoms with E-state index in [2.05, 4.69) is 5.32 Å². The molecular weight excluding hydrogens is 418 g/mol. The molecule has 29 heavy (non-hydrogen) atoms. The minimum Gasteiger partial charge on any atom is -0.463 e. The number of thiocarbonyl (C=S) groups is 1. The number of halogens is 1. The molecule has 1 aromatic carbocycles. The van der Waals surface area contributed by atoms with Crippen LogP contribution in [0.15, 0.2) is 46.0 Å². The van der Waals surface area contributed by atoms with E-state index in [1.165, 1.54) is 18.2 Å². The van der Waals surface area contributed by atoms with Crippen molar-refractivity contribution in [3.05, 3.63) is 62.5 Å². The van der Waals surface area contributed by atoms with E-state index in [-0.39, 0.29) is 12.3 Å². The highest BCUT2D eigenvalue weighted by Crippen LogP contribution is 2.37. The molecule has 3 rings (SSSR count). The number of nitrogens with zero attached hydrogens (tertiary/aromatic N) is 2. The molecule has 0 aliphatic carbocycles. The number of nitro benzene ring substituents is 1. The Hall–Kier alpha value is -2.91. The molecule has 0 saturated carbocycles. The number of nitro groups is 1. The number of furan rings is 1. The smallest absolute Gasteiger partial charge is 0.338 e. The third kappa shape index (κ3) is 3.96. The van der Waals surface area contributed by atoms with E-state index in [0.29, 0.717) is 38.5 Å². The van der Waals surface area contributed by atoms with E-state index in [4.69, 9.17) is 33.0 Å². The molecule has 1 aliphatic rings. The number of hydrogen-bond donors (Lipinski definition) is 1. The molecule has 152 valence electrons. The molecule has 0 spiro atoms. The number of non-ortho nitro benzene ring substituents is 1. The fourth-order valence-corrected chi connectivity index (χ4v) is 3.46. The maximum Gasteiger partial charge on any atom is 0.338 e. The summed E-state index contributed by atoms with van der Waals surface area (Å²) in [4.78, 5) is 24.8. The Morgan fingerprint density at radius 3 is 2.79 bits per heavy atom. The van der Waals surface area contributed by atoms with Crippen LogP contribution < -0.4 is 5.32 Å². The minimum atomic E-state index is -0.663. The Kier molecular flexibility index (Phi) is 5.90. The second kappa shape index (κ2) is 8.22. The van der Waals surface area contributed by atoms with Gasteiger partial charge in [0.25, 0.3) is 5.69 Å². The topological polar surface area (TPSA) is 97.8 Å². The summed E-state index contributed by atoms with van der Waals surface area (Å²) in [7, 11) is 1.75. The molecule has 0 fully saturated rings. The average Bonchev–Trinajstić information content (AvgIpc) is 3.15. The van der Waals surface area contributed by atoms with Crippen LogP contribution in [0.1, 0.15) is 25.6 Å². The summed E-state index contributed by atoms with van der Waals surface area (Å²) >= 11 is 11.6. The maximum atomic E-state index is 12.6. The van der Waals surface area contributed by atoms with Crippen LogP contribution in [-0.4, -0.2) is 34.6 Å². The molecule has 10 heteroatoms. The average molecular weight is 436 g/mol. The van der Waals surface area contributed by atoms with Crippen molar-refractivity contribution in [1.82, 2.24) is 10.2 Å². The molecule has 1 atom stereocenters. The van der Waals surface area contributed by atoms with Gasteiger partial charge < -0.3 is 19.4 Å². The molecule has 0 saturated heterocycles. The number of allylic oxidation sites excluding steroid dienone is 1. The maximum absolute atomic E-state index is 12.6. The van der Waals surface area contributed by atoms with Gasteiger partial charge in [-0.25, -0.2) is 4.79 Å². The summed E-state index contributed by atoms with van der Waals surface area (Å²) < 4.78 is 11.1. The second-order valence-corrected chi connectivity index (χ2v) is 7.08. The fourth-order valence-electron chi connectivity index (χ4n) is 2.99. The largest absolute Gasteiger partial charge is 0.463 e. The van der Waals surface area contributed by atoms with Crippen molar-refractivity contribution in [1.29, 1.82) is 0 Å². The highest BCUT2D eigenvalue weighted by molar-refractivity contribution is 7.80. The lowest BCUT2D eigenvalue weighted by Gasteiger charge is -2.34. The van der Waals surface area contributed by atoms with Gasteiger partial charge in [0, 0.05) is 30.4 Å². The molecule has 8 nitrogen and oxygen atoms in total. The van der Waals surface area contributed by atoms with Gasteiger partial charge in [0.1, 0.15) is 17.6 Å². The lowest BCUT2D eigenvalue weighted by Crippen LogP contribution is -2.46. The van der Waals surface area contributed by atoms with Gasteiger partial charge in [-0.3, -0.25) is 10.1 Å². The minimum absolute atomic E-state index is 0.108. The molecule has 1 aromatic heterocycles. The molecule has 2 heterocycles. The van der Waals surface area contributed by atoms with Gasteiger partial charge in [0.05, 0.1) is 22.1 Å². The van der Waals surface area contributed by atoms with Gasteiger partial charge in [-0.15, -0.1) is 0 Å². The van der Waals surface area contributed by atoms with Crippen LogP contribution in [-0.2, 0) is 9.53 Å². The van der Waals surface area contributed by atoms with E-state index in [9.17, 15) is 14.9 Å². The van der Waals surface area contributed by atoms with E-state index in [1.54, 1.807) is 37.9 Å². The van der Waals surface area contributed by atoms with Gasteiger partial charge in [-0.1, -0.05) is 11.6 Å². The van der Waals surface area contributed by atoms with Crippen LogP contribution in [0.3, 0.4) is 0 Å². The summed E-state index contributed by atoms with van der Waals surface area (Å²) in [6.45, 7) is 3.72. The van der Waals surface area contributed by atoms with Crippen LogP contribution in [0.25, 0.3) is 11.3 Å². The van der Waals surface area contributed by atoms with Crippen molar-refractivity contribution in [3.63, 3.8) is 0 Å². The van der Waals surface area contributed by atoms with Crippen molar-refractivity contribution < 1.29 is 18.9 Å². The lowest BCUT2D eigenvalue weighted by atomic mass is 10.0. The van der Waals surface area contributed by atoms with Crippen LogP contribution in [0, 0.1) is 10.1 Å². The number of carbonyl (C=O) groups excluding carboxylic acids is 1. The summed E-state index contributed by atoms with van der Waals surface area (Å²) in [5, 5.41) is 14.9. The molecule has 0 bridgehead atoms. The zero-order chi connectivity index (χ0) is 21.3. The number of rotatable bonds is 5. The predicted octanol–water partition coefficient (Wildman–Crippen LogP) is 4.21. The van der Waals surface area contributed by atoms with Crippen LogP contribution in [0.5, 0.6) is 0 Å². The number of nitrogens with one attached hydrogen (secondary N) is 1. The summed E-state index contributed by atoms with van der Waals surface area (Å²) in [5.74, 6) is 0.254. The Balaban J connectivity index is 2.05. The Labute approximate surface area is 177 Å². The first kappa shape index (κ1) is 20.8. The molecule has 0 radical (unpaired) electrons. The summed E-state index contributed by atoms with van der Waals surface area (Å²) in [6.07, 6.45) is 0. The number of ether oxygens (including phenoxy) is 1. The molecule has 0 unspecified atom stereocenters. The molecule has 1 aliphatic heterocycles. The zero-order valence-electron chi connectivity index (χ0n) is 15.9. The van der Waals surface area contributed by atoms with Crippen LogP contribution in [0.4, 0.5) is 5.69 Å². The van der Waals surface area contributed by atoms with Crippen LogP contribution in [0.2, 0.25) is 5.02 Å². The highest BCUT2D eigenvalue weighted by Gasteiger charge is 2.35. The van der Waals surface area contributed by atoms with Gasteiger partial charge in [0.15, 0.2) is 5.11 Å². The van der Waals surface area contributed by atoms with Gasteiger partial charge in [0.2, 0.25) is 0 Å². The molecule has 1 N–H and O–H groups in total. The quantitative estimate of drug-likeness (QED) is 0.323. The Morgan fingerprint density at radius 2 is 2.14 bits per heavy atom. The Morgan fingerprint density at radius 1 is 1.41 bits per heavy atom. The fraction of sp³-hybridized carbons (Fsp3) is 0.263. The van der Waals surface area contributed by atoms with E-state index in [0.717, 1.165) is 0 Å². The number of benzene rings is 1. The van der Waals surface area contributed by atoms with Gasteiger partial charge in [-0.05, 0) is 44.3 Å². The molecular formula is C19H18ClN3O5S. The summed E-state index contributed by atoms with van der Waals surface area (Å²) in [5.41, 5.74) is 1.28. The van der Waals surface area contributed by atoms with Gasteiger partial charge >= 0.3 is 5.97 Å². The second-order valence-electron chi connectivity index (χ2n) is 6.28. The first-order valence-corrected chi connectivity index (χ1v) is 9.49. The zero-order valence-corrected chi connectivity index (χ0v) is 17.5. The van der Waals surface area contributed by atoms with Crippen molar-refractivity contribution in [2.24, 2.45) is 0 Å². The monoisotopic (exact) mass is 435 g/mol. The predicted molar refractivity (Wildman–Crippen MR) is 111 cm³/mol. The third-order valence-corrected chi connectivity index (χ3v) is 5.31. The highest BCUT2D eigenvalue weighted by atomic mass is 35.5. The van der Waals surface area contributed by atoms with Crippen molar-refractivity contribution in [2.75, 3.05) is 13.7 Å². The van der Waals surface area contributed by atoms with Crippen molar-refractivity contribution in [3.8, 4) is 11.3 Å². The van der Waals surface area contributed by atoms with Crippen LogP contribution >= 0.6 is 23.8 Å². The van der Waals surface area contributed by atoms with Crippen molar-refractivity contribution in [2.45, 2.75) is 19.9 Å². The van der Waals surface area contributed by atoms with E-state index in [1.807, 2.05) is 0 Å². The Bertz CT molecular complexity index is 1030. The lowest BCUT2D eigenvalue weighted by molar-refractivity contribution is -0.384. The first-order chi connectivity index (χ1) is 13.7. The first-order valence-electron chi connectivity index (χ1n) is 8.70. The van der Waals surface area contributed by atoms with E-state index < -0.39 is 16.9 Å². The molecule has 2 aromatic rings. The number of hydrogen-bond acceptors (Lipinski definition) is 6. The van der Waals surface area contributed by atoms with Crippen molar-refractivity contribution >= 4 is 40.6 Å². The summed E-state index contributed by atoms with van der Waals surface area (Å²) in [6, 6.07) is 6.74. The number of carbonyl (C=O) groups is 1.